The fourth-order valence-electron chi connectivity index (χ4n) is 5.10. The first-order valence-electron chi connectivity index (χ1n) is 11.6. The number of fused-ring (bicyclic) bond motifs is 3. The van der Waals surface area contributed by atoms with Gasteiger partial charge in [-0.15, -0.1) is 0 Å². The Labute approximate surface area is 201 Å². The fourth-order valence-corrected chi connectivity index (χ4v) is 5.10. The van der Waals surface area contributed by atoms with Crippen molar-refractivity contribution in [2.24, 2.45) is 5.92 Å². The highest BCUT2D eigenvalue weighted by molar-refractivity contribution is 5.82. The molecule has 0 spiro atoms. The summed E-state index contributed by atoms with van der Waals surface area (Å²) in [5.41, 5.74) is 2.39. The van der Waals surface area contributed by atoms with Crippen molar-refractivity contribution in [3.8, 4) is 0 Å². The number of nitrogens with zero attached hydrogens (tertiary/aromatic N) is 2. The standard InChI is InChI=1S/C27H25F4N3O/c28-21-9-6-18(7-10-21)16-32-26(35)23-15-19-14-20(27(29,30)31)8-11-24(19)34-13-12-33(17-25(23)34)22-4-2-1-3-5-22/h1-11,14,23,25H,12-13,15-17H2,(H,32,35)/t23-,25+/m0/s1. The third kappa shape index (κ3) is 4.83. The first-order valence-corrected chi connectivity index (χ1v) is 11.6. The Kier molecular flexibility index (Phi) is 6.13. The molecule has 1 saturated heterocycles. The van der Waals surface area contributed by atoms with E-state index in [-0.39, 0.29) is 30.7 Å². The summed E-state index contributed by atoms with van der Waals surface area (Å²) in [7, 11) is 0. The molecule has 2 atom stereocenters. The van der Waals surface area contributed by atoms with Gasteiger partial charge in [0.15, 0.2) is 0 Å². The van der Waals surface area contributed by atoms with E-state index in [9.17, 15) is 22.4 Å². The Hall–Kier alpha value is -3.55. The average molecular weight is 484 g/mol. The minimum Gasteiger partial charge on any atom is -0.368 e. The van der Waals surface area contributed by atoms with Crippen LogP contribution in [0.1, 0.15) is 16.7 Å². The number of benzene rings is 3. The van der Waals surface area contributed by atoms with Crippen LogP contribution in [0, 0.1) is 11.7 Å². The maximum atomic E-state index is 13.4. The first kappa shape index (κ1) is 23.2. The molecule has 3 aromatic rings. The number of nitrogens with one attached hydrogen (secondary N) is 1. The van der Waals surface area contributed by atoms with Gasteiger partial charge in [-0.25, -0.2) is 4.39 Å². The molecule has 0 bridgehead atoms. The van der Waals surface area contributed by atoms with E-state index in [1.165, 1.54) is 24.3 Å². The summed E-state index contributed by atoms with van der Waals surface area (Å²) in [5, 5.41) is 2.92. The number of hydrogen-bond donors (Lipinski definition) is 1. The van der Waals surface area contributed by atoms with Gasteiger partial charge in [0.05, 0.1) is 17.5 Å². The van der Waals surface area contributed by atoms with Crippen molar-refractivity contribution in [1.29, 1.82) is 0 Å². The third-order valence-electron chi connectivity index (χ3n) is 6.88. The van der Waals surface area contributed by atoms with Gasteiger partial charge >= 0.3 is 6.18 Å². The molecular weight excluding hydrogens is 458 g/mol. The zero-order valence-corrected chi connectivity index (χ0v) is 18.9. The Bertz CT molecular complexity index is 1200. The number of para-hydroxylation sites is 1. The van der Waals surface area contributed by atoms with Gasteiger partial charge in [0.2, 0.25) is 5.91 Å². The summed E-state index contributed by atoms with van der Waals surface area (Å²) < 4.78 is 53.4. The van der Waals surface area contributed by atoms with Gasteiger partial charge < -0.3 is 15.1 Å². The molecule has 0 unspecified atom stereocenters. The van der Waals surface area contributed by atoms with Crippen LogP contribution in [0.4, 0.5) is 28.9 Å². The van der Waals surface area contributed by atoms with Gasteiger partial charge in [-0.2, -0.15) is 13.2 Å². The topological polar surface area (TPSA) is 35.6 Å². The van der Waals surface area contributed by atoms with Gasteiger partial charge in [-0.3, -0.25) is 4.79 Å². The molecule has 35 heavy (non-hydrogen) atoms. The van der Waals surface area contributed by atoms with Crippen molar-refractivity contribution in [1.82, 2.24) is 5.32 Å². The van der Waals surface area contributed by atoms with Crippen LogP contribution in [0.2, 0.25) is 0 Å². The summed E-state index contributed by atoms with van der Waals surface area (Å²) in [6.45, 7) is 2.10. The number of anilines is 2. The van der Waals surface area contributed by atoms with Crippen LogP contribution in [0.25, 0.3) is 0 Å². The van der Waals surface area contributed by atoms with E-state index in [4.69, 9.17) is 0 Å². The number of alkyl halides is 3. The summed E-state index contributed by atoms with van der Waals surface area (Å²) in [6, 6.07) is 19.4. The van der Waals surface area contributed by atoms with E-state index in [1.807, 2.05) is 30.3 Å². The lowest BCUT2D eigenvalue weighted by Gasteiger charge is -2.49. The predicted molar refractivity (Wildman–Crippen MR) is 127 cm³/mol. The van der Waals surface area contributed by atoms with Crippen molar-refractivity contribution in [3.63, 3.8) is 0 Å². The van der Waals surface area contributed by atoms with Crippen molar-refractivity contribution in [2.75, 3.05) is 29.4 Å². The molecule has 0 aromatic heterocycles. The number of carbonyl (C=O) groups is 1. The van der Waals surface area contributed by atoms with Crippen LogP contribution in [0.3, 0.4) is 0 Å². The molecule has 2 aliphatic rings. The van der Waals surface area contributed by atoms with Crippen LogP contribution in [-0.2, 0) is 23.9 Å². The summed E-state index contributed by atoms with van der Waals surface area (Å²) in [6.07, 6.45) is -4.23. The molecular formula is C27H25F4N3O. The maximum Gasteiger partial charge on any atom is 0.416 e. The average Bonchev–Trinajstić information content (AvgIpc) is 2.87. The number of halogens is 4. The number of amides is 1. The van der Waals surface area contributed by atoms with Crippen molar-refractivity contribution >= 4 is 17.3 Å². The van der Waals surface area contributed by atoms with Crippen LogP contribution < -0.4 is 15.1 Å². The maximum absolute atomic E-state index is 13.4. The van der Waals surface area contributed by atoms with Crippen LogP contribution in [-0.4, -0.2) is 31.6 Å². The van der Waals surface area contributed by atoms with E-state index >= 15 is 0 Å². The second-order valence-corrected chi connectivity index (χ2v) is 9.04. The van der Waals surface area contributed by atoms with Crippen molar-refractivity contribution in [2.45, 2.75) is 25.2 Å². The molecule has 2 aliphatic heterocycles. The molecule has 1 N–H and O–H groups in total. The highest BCUT2D eigenvalue weighted by Crippen LogP contribution is 2.40. The Morgan fingerprint density at radius 3 is 2.43 bits per heavy atom. The lowest BCUT2D eigenvalue weighted by molar-refractivity contribution is -0.137. The quantitative estimate of drug-likeness (QED) is 0.529. The highest BCUT2D eigenvalue weighted by Gasteiger charge is 2.42. The zero-order chi connectivity index (χ0) is 24.6. The molecule has 0 aliphatic carbocycles. The van der Waals surface area contributed by atoms with Crippen LogP contribution in [0.15, 0.2) is 72.8 Å². The van der Waals surface area contributed by atoms with Crippen LogP contribution in [0.5, 0.6) is 0 Å². The number of rotatable bonds is 4. The molecule has 1 fully saturated rings. The van der Waals surface area contributed by atoms with Gasteiger partial charge in [0.1, 0.15) is 5.82 Å². The van der Waals surface area contributed by atoms with Crippen molar-refractivity contribution in [3.05, 3.63) is 95.3 Å². The summed E-state index contributed by atoms with van der Waals surface area (Å²) in [5.74, 6) is -1.11. The summed E-state index contributed by atoms with van der Waals surface area (Å²) >= 11 is 0. The summed E-state index contributed by atoms with van der Waals surface area (Å²) in [4.78, 5) is 17.7. The first-order chi connectivity index (χ1) is 16.8. The predicted octanol–water partition coefficient (Wildman–Crippen LogP) is 5.03. The molecule has 5 rings (SSSR count). The Morgan fingerprint density at radius 1 is 0.971 bits per heavy atom. The van der Waals surface area contributed by atoms with E-state index in [0.717, 1.165) is 23.0 Å². The van der Waals surface area contributed by atoms with E-state index in [1.54, 1.807) is 12.1 Å². The molecule has 0 radical (unpaired) electrons. The SMILES string of the molecule is O=C(NCc1ccc(F)cc1)[C@H]1Cc2cc(C(F)(F)F)ccc2N2CCN(c3ccccc3)C[C@H]12. The van der Waals surface area contributed by atoms with E-state index < -0.39 is 17.7 Å². The molecule has 2 heterocycles. The van der Waals surface area contributed by atoms with Gasteiger partial charge in [0.25, 0.3) is 0 Å². The monoisotopic (exact) mass is 483 g/mol. The number of piperazine rings is 1. The Balaban J connectivity index is 1.43. The second-order valence-electron chi connectivity index (χ2n) is 9.04. The number of carbonyl (C=O) groups excluding carboxylic acids is 1. The van der Waals surface area contributed by atoms with E-state index in [0.29, 0.717) is 25.2 Å². The Morgan fingerprint density at radius 2 is 1.71 bits per heavy atom. The smallest absolute Gasteiger partial charge is 0.368 e. The molecule has 4 nitrogen and oxygen atoms in total. The van der Waals surface area contributed by atoms with Crippen LogP contribution >= 0.6 is 0 Å². The fraction of sp³-hybridized carbons (Fsp3) is 0.296. The molecule has 1 amide bonds. The second kappa shape index (κ2) is 9.24. The molecule has 3 aromatic carbocycles. The lowest BCUT2D eigenvalue weighted by Crippen LogP contribution is -2.61. The lowest BCUT2D eigenvalue weighted by atomic mass is 9.82. The van der Waals surface area contributed by atoms with E-state index in [2.05, 4.69) is 15.1 Å². The van der Waals surface area contributed by atoms with Gasteiger partial charge in [-0.05, 0) is 60.0 Å². The molecule has 182 valence electrons. The zero-order valence-electron chi connectivity index (χ0n) is 18.9. The minimum atomic E-state index is -4.45. The minimum absolute atomic E-state index is 0.193. The van der Waals surface area contributed by atoms with Gasteiger partial charge in [0, 0.05) is 37.6 Å². The normalized spacial score (nSPS) is 19.7. The number of hydrogen-bond acceptors (Lipinski definition) is 3. The largest absolute Gasteiger partial charge is 0.416 e. The third-order valence-corrected chi connectivity index (χ3v) is 6.88. The van der Waals surface area contributed by atoms with Crippen molar-refractivity contribution < 1.29 is 22.4 Å². The highest BCUT2D eigenvalue weighted by atomic mass is 19.4. The molecule has 8 heteroatoms. The molecule has 0 saturated carbocycles. The van der Waals surface area contributed by atoms with Gasteiger partial charge in [-0.1, -0.05) is 30.3 Å².